The highest BCUT2D eigenvalue weighted by Gasteiger charge is 2.06. The number of pyridine rings is 1. The highest BCUT2D eigenvalue weighted by atomic mass is 32.2. The number of fused-ring (bicyclic) bond motifs is 1. The number of nitrogens with one attached hydrogen (secondary N) is 1. The fourth-order valence-electron chi connectivity index (χ4n) is 2.07. The van der Waals surface area contributed by atoms with Gasteiger partial charge in [-0.15, -0.1) is 11.8 Å². The molecule has 2 nitrogen and oxygen atoms in total. The smallest absolute Gasteiger partial charge is 0.146 e. The third-order valence-electron chi connectivity index (χ3n) is 3.09. The third kappa shape index (κ3) is 2.47. The average molecular weight is 284 g/mol. The van der Waals surface area contributed by atoms with E-state index in [4.69, 9.17) is 0 Å². The van der Waals surface area contributed by atoms with Crippen LogP contribution < -0.4 is 5.32 Å². The molecule has 0 spiro atoms. The molecule has 20 heavy (non-hydrogen) atoms. The minimum absolute atomic E-state index is 0.265. The summed E-state index contributed by atoms with van der Waals surface area (Å²) in [6.45, 7) is 0. The SMILES string of the molecule is CSc1ccc2nccc(Nc3ccccc3F)c2c1. The van der Waals surface area contributed by atoms with Crippen molar-refractivity contribution in [2.24, 2.45) is 0 Å². The van der Waals surface area contributed by atoms with Crippen LogP contribution in [0.25, 0.3) is 10.9 Å². The number of anilines is 2. The number of thioether (sulfide) groups is 1. The van der Waals surface area contributed by atoms with E-state index in [0.717, 1.165) is 21.5 Å². The Bertz CT molecular complexity index is 758. The van der Waals surface area contributed by atoms with Gasteiger partial charge in [-0.1, -0.05) is 12.1 Å². The summed E-state index contributed by atoms with van der Waals surface area (Å²) in [5, 5.41) is 4.13. The first-order valence-electron chi connectivity index (χ1n) is 6.22. The molecule has 2 aromatic carbocycles. The van der Waals surface area contributed by atoms with Crippen LogP contribution in [-0.4, -0.2) is 11.2 Å². The van der Waals surface area contributed by atoms with Gasteiger partial charge in [0.05, 0.1) is 11.2 Å². The lowest BCUT2D eigenvalue weighted by atomic mass is 10.2. The molecule has 100 valence electrons. The van der Waals surface area contributed by atoms with Gasteiger partial charge in [-0.25, -0.2) is 4.39 Å². The van der Waals surface area contributed by atoms with Crippen molar-refractivity contribution in [3.8, 4) is 0 Å². The van der Waals surface area contributed by atoms with Gasteiger partial charge in [0, 0.05) is 22.2 Å². The zero-order valence-corrected chi connectivity index (χ0v) is 11.7. The standard InChI is InChI=1S/C16H13FN2S/c1-20-11-6-7-14-12(10-11)15(8-9-18-14)19-16-5-3-2-4-13(16)17/h2-10H,1H3,(H,18,19). The maximum atomic E-state index is 13.7. The summed E-state index contributed by atoms with van der Waals surface area (Å²) in [6, 6.07) is 14.6. The van der Waals surface area contributed by atoms with Crippen molar-refractivity contribution in [2.45, 2.75) is 4.90 Å². The fourth-order valence-corrected chi connectivity index (χ4v) is 2.51. The Morgan fingerprint density at radius 3 is 2.70 bits per heavy atom. The second-order valence-electron chi connectivity index (χ2n) is 4.35. The monoisotopic (exact) mass is 284 g/mol. The van der Waals surface area contributed by atoms with E-state index >= 15 is 0 Å². The number of benzene rings is 2. The van der Waals surface area contributed by atoms with Crippen molar-refractivity contribution in [1.29, 1.82) is 0 Å². The van der Waals surface area contributed by atoms with Gasteiger partial charge in [-0.2, -0.15) is 0 Å². The molecule has 0 aliphatic rings. The van der Waals surface area contributed by atoms with Gasteiger partial charge in [-0.05, 0) is 42.7 Å². The number of halogens is 1. The number of aromatic nitrogens is 1. The van der Waals surface area contributed by atoms with Gasteiger partial charge in [0.1, 0.15) is 5.82 Å². The van der Waals surface area contributed by atoms with E-state index in [2.05, 4.69) is 16.4 Å². The lowest BCUT2D eigenvalue weighted by Gasteiger charge is -2.10. The molecular weight excluding hydrogens is 271 g/mol. The maximum absolute atomic E-state index is 13.7. The van der Waals surface area contributed by atoms with E-state index in [-0.39, 0.29) is 5.82 Å². The first kappa shape index (κ1) is 12.9. The van der Waals surface area contributed by atoms with Gasteiger partial charge in [0.2, 0.25) is 0 Å². The minimum Gasteiger partial charge on any atom is -0.353 e. The lowest BCUT2D eigenvalue weighted by Crippen LogP contribution is -1.95. The lowest BCUT2D eigenvalue weighted by molar-refractivity contribution is 0.632. The topological polar surface area (TPSA) is 24.9 Å². The summed E-state index contributed by atoms with van der Waals surface area (Å²) in [6.07, 6.45) is 3.76. The van der Waals surface area contributed by atoms with E-state index in [9.17, 15) is 4.39 Å². The van der Waals surface area contributed by atoms with E-state index in [1.54, 1.807) is 30.1 Å². The molecule has 0 aliphatic carbocycles. The number of rotatable bonds is 3. The van der Waals surface area contributed by atoms with Gasteiger partial charge in [0.15, 0.2) is 0 Å². The summed E-state index contributed by atoms with van der Waals surface area (Å²) < 4.78 is 13.7. The molecular formula is C16H13FN2S. The zero-order chi connectivity index (χ0) is 13.9. The van der Waals surface area contributed by atoms with Crippen molar-refractivity contribution in [3.05, 3.63) is 60.5 Å². The molecule has 0 unspecified atom stereocenters. The molecule has 0 fully saturated rings. The molecule has 1 aromatic heterocycles. The number of nitrogens with zero attached hydrogens (tertiary/aromatic N) is 1. The van der Waals surface area contributed by atoms with Gasteiger partial charge < -0.3 is 5.32 Å². The van der Waals surface area contributed by atoms with E-state index < -0.39 is 0 Å². The Kier molecular flexibility index (Phi) is 3.56. The third-order valence-corrected chi connectivity index (χ3v) is 3.82. The summed E-state index contributed by atoms with van der Waals surface area (Å²) in [5.41, 5.74) is 2.22. The van der Waals surface area contributed by atoms with Crippen molar-refractivity contribution >= 4 is 34.0 Å². The largest absolute Gasteiger partial charge is 0.353 e. The summed E-state index contributed by atoms with van der Waals surface area (Å²) in [4.78, 5) is 5.49. The number of hydrogen-bond acceptors (Lipinski definition) is 3. The van der Waals surface area contributed by atoms with Crippen LogP contribution in [0, 0.1) is 5.82 Å². The molecule has 0 radical (unpaired) electrons. The molecule has 0 saturated heterocycles. The van der Waals surface area contributed by atoms with Crippen molar-refractivity contribution in [2.75, 3.05) is 11.6 Å². The predicted octanol–water partition coefficient (Wildman–Crippen LogP) is 4.84. The Morgan fingerprint density at radius 1 is 1.05 bits per heavy atom. The molecule has 0 atom stereocenters. The summed E-state index contributed by atoms with van der Waals surface area (Å²) in [5.74, 6) is -0.265. The molecule has 0 aliphatic heterocycles. The minimum atomic E-state index is -0.265. The molecule has 3 rings (SSSR count). The van der Waals surface area contributed by atoms with Crippen molar-refractivity contribution in [1.82, 2.24) is 4.98 Å². The number of hydrogen-bond donors (Lipinski definition) is 1. The van der Waals surface area contributed by atoms with Gasteiger partial charge in [-0.3, -0.25) is 4.98 Å². The Balaban J connectivity index is 2.09. The van der Waals surface area contributed by atoms with Crippen LogP contribution in [0.5, 0.6) is 0 Å². The predicted molar refractivity (Wildman–Crippen MR) is 83.2 cm³/mol. The van der Waals surface area contributed by atoms with Crippen LogP contribution in [0.15, 0.2) is 59.6 Å². The molecule has 1 N–H and O–H groups in total. The fraction of sp³-hybridized carbons (Fsp3) is 0.0625. The Hall–Kier alpha value is -2.07. The second kappa shape index (κ2) is 5.51. The molecule has 3 aromatic rings. The highest BCUT2D eigenvalue weighted by molar-refractivity contribution is 7.98. The maximum Gasteiger partial charge on any atom is 0.146 e. The van der Waals surface area contributed by atoms with Crippen LogP contribution >= 0.6 is 11.8 Å². The van der Waals surface area contributed by atoms with Crippen LogP contribution in [-0.2, 0) is 0 Å². The quantitative estimate of drug-likeness (QED) is 0.697. The van der Waals surface area contributed by atoms with E-state index in [0.29, 0.717) is 5.69 Å². The first-order chi connectivity index (χ1) is 9.78. The second-order valence-corrected chi connectivity index (χ2v) is 5.23. The van der Waals surface area contributed by atoms with E-state index in [1.165, 1.54) is 6.07 Å². The average Bonchev–Trinajstić information content (AvgIpc) is 2.49. The molecule has 0 bridgehead atoms. The highest BCUT2D eigenvalue weighted by Crippen LogP contribution is 2.29. The van der Waals surface area contributed by atoms with Crippen molar-refractivity contribution < 1.29 is 4.39 Å². The molecule has 0 saturated carbocycles. The first-order valence-corrected chi connectivity index (χ1v) is 7.45. The van der Waals surface area contributed by atoms with Crippen LogP contribution in [0.1, 0.15) is 0 Å². The summed E-state index contributed by atoms with van der Waals surface area (Å²) in [7, 11) is 0. The van der Waals surface area contributed by atoms with Crippen molar-refractivity contribution in [3.63, 3.8) is 0 Å². The Labute approximate surface area is 121 Å². The normalized spacial score (nSPS) is 10.7. The summed E-state index contributed by atoms with van der Waals surface area (Å²) >= 11 is 1.67. The molecule has 4 heteroatoms. The number of para-hydroxylation sites is 1. The van der Waals surface area contributed by atoms with Crippen LogP contribution in [0.3, 0.4) is 0 Å². The molecule has 0 amide bonds. The zero-order valence-electron chi connectivity index (χ0n) is 10.9. The molecule has 1 heterocycles. The van der Waals surface area contributed by atoms with Crippen LogP contribution in [0.4, 0.5) is 15.8 Å². The van der Waals surface area contributed by atoms with Gasteiger partial charge in [0.25, 0.3) is 0 Å². The van der Waals surface area contributed by atoms with Crippen LogP contribution in [0.2, 0.25) is 0 Å². The Morgan fingerprint density at radius 2 is 1.90 bits per heavy atom. The van der Waals surface area contributed by atoms with Gasteiger partial charge >= 0.3 is 0 Å². The van der Waals surface area contributed by atoms with E-state index in [1.807, 2.05) is 30.5 Å².